The van der Waals surface area contributed by atoms with Crippen LogP contribution in [-0.2, 0) is 16.2 Å². The Morgan fingerprint density at radius 3 is 2.33 bits per heavy atom. The molecule has 1 saturated heterocycles. The number of aliphatic hydroxyl groups excluding tert-OH is 1. The molecular weight excluding hydrogens is 530 g/mol. The Bertz CT molecular complexity index is 1610. The molecule has 1 aliphatic rings. The van der Waals surface area contributed by atoms with E-state index in [2.05, 4.69) is 10.2 Å². The van der Waals surface area contributed by atoms with Crippen molar-refractivity contribution in [3.8, 4) is 17.2 Å². The van der Waals surface area contributed by atoms with E-state index in [1.165, 1.54) is 30.5 Å². The lowest BCUT2D eigenvalue weighted by Gasteiger charge is -2.23. The summed E-state index contributed by atoms with van der Waals surface area (Å²) in [6.07, 6.45) is 0. The molecule has 2 heterocycles. The molecule has 1 atom stereocenters. The number of carbonyl (C=O) groups is 2. The smallest absolute Gasteiger partial charge is 0.301 e. The van der Waals surface area contributed by atoms with E-state index in [4.69, 9.17) is 14.2 Å². The zero-order valence-corrected chi connectivity index (χ0v) is 23.2. The van der Waals surface area contributed by atoms with Crippen LogP contribution >= 0.6 is 11.3 Å². The molecule has 0 saturated carbocycles. The molecule has 3 aromatic carbocycles. The molecule has 10 heteroatoms. The van der Waals surface area contributed by atoms with Gasteiger partial charge in [-0.15, -0.1) is 10.2 Å². The normalized spacial score (nSPS) is 16.3. The number of methoxy groups -OCH3 is 2. The molecule has 0 bridgehead atoms. The summed E-state index contributed by atoms with van der Waals surface area (Å²) in [6, 6.07) is 18.8. The quantitative estimate of drug-likeness (QED) is 0.175. The lowest BCUT2D eigenvalue weighted by atomic mass is 9.95. The minimum atomic E-state index is -0.968. The summed E-state index contributed by atoms with van der Waals surface area (Å²) in [7, 11) is 3.01. The predicted octanol–water partition coefficient (Wildman–Crippen LogP) is 5.38. The van der Waals surface area contributed by atoms with Gasteiger partial charge in [0.25, 0.3) is 5.78 Å². The van der Waals surface area contributed by atoms with Crippen molar-refractivity contribution in [2.75, 3.05) is 19.1 Å². The topological polar surface area (TPSA) is 111 Å². The molecule has 1 fully saturated rings. The van der Waals surface area contributed by atoms with E-state index in [1.54, 1.807) is 49.4 Å². The lowest BCUT2D eigenvalue weighted by Crippen LogP contribution is -2.29. The maximum Gasteiger partial charge on any atom is 0.301 e. The monoisotopic (exact) mass is 557 g/mol. The van der Waals surface area contributed by atoms with Crippen LogP contribution in [0.25, 0.3) is 5.76 Å². The van der Waals surface area contributed by atoms with Crippen molar-refractivity contribution in [1.29, 1.82) is 0 Å². The minimum Gasteiger partial charge on any atom is -0.507 e. The number of nitrogens with zero attached hydrogens (tertiary/aromatic N) is 3. The number of hydrogen-bond donors (Lipinski definition) is 1. The molecule has 9 nitrogen and oxygen atoms in total. The van der Waals surface area contributed by atoms with E-state index in [1.807, 2.05) is 31.2 Å². The summed E-state index contributed by atoms with van der Waals surface area (Å²) >= 11 is 1.18. The van der Waals surface area contributed by atoms with Gasteiger partial charge in [-0.1, -0.05) is 41.7 Å². The van der Waals surface area contributed by atoms with Crippen LogP contribution < -0.4 is 19.1 Å². The maximum atomic E-state index is 13.4. The van der Waals surface area contributed by atoms with Gasteiger partial charge in [0.1, 0.15) is 23.1 Å². The summed E-state index contributed by atoms with van der Waals surface area (Å²) in [5.74, 6) is -0.459. The number of aryl methyl sites for hydroxylation is 2. The molecule has 4 aromatic rings. The van der Waals surface area contributed by atoms with Gasteiger partial charge in [-0.25, -0.2) is 0 Å². The number of aliphatic hydroxyl groups is 1. The Kier molecular flexibility index (Phi) is 7.52. The Morgan fingerprint density at radius 2 is 1.68 bits per heavy atom. The second-order valence-electron chi connectivity index (χ2n) is 9.13. The number of ketones is 1. The summed E-state index contributed by atoms with van der Waals surface area (Å²) in [6.45, 7) is 4.17. The third-order valence-electron chi connectivity index (χ3n) is 6.67. The fraction of sp³-hybridized carbons (Fsp3) is 0.200. The zero-order valence-electron chi connectivity index (χ0n) is 22.4. The third kappa shape index (κ3) is 5.01. The standard InChI is InChI=1S/C30H27N3O6S/c1-17-7-5-6-8-21(17)16-39-22-12-9-19(10-13-22)27(34)25-26(20-11-14-23(37-3)24(15-20)38-4)33(29(36)28(25)35)30-32-31-18(2)40-30/h5-15,26,34H,16H2,1-4H3/b27-25+. The molecule has 1 aromatic heterocycles. The minimum absolute atomic E-state index is 0.0707. The van der Waals surface area contributed by atoms with Gasteiger partial charge < -0.3 is 19.3 Å². The SMILES string of the molecule is COc1ccc(C2/C(=C(\O)c3ccc(OCc4ccccc4C)cc3)C(=O)C(=O)N2c2nnc(C)s2)cc1OC. The molecule has 204 valence electrons. The number of carbonyl (C=O) groups excluding carboxylic acids is 2. The highest BCUT2D eigenvalue weighted by Gasteiger charge is 2.48. The Hall–Kier alpha value is -4.70. The Labute approximate surface area is 235 Å². The molecule has 1 unspecified atom stereocenters. The highest BCUT2D eigenvalue weighted by atomic mass is 32.1. The van der Waals surface area contributed by atoms with E-state index in [0.29, 0.717) is 40.0 Å². The molecule has 40 heavy (non-hydrogen) atoms. The number of Topliss-reactive ketones (excluding diaryl/α,β-unsaturated/α-hetero) is 1. The summed E-state index contributed by atoms with van der Waals surface area (Å²) in [4.78, 5) is 28.0. The highest BCUT2D eigenvalue weighted by molar-refractivity contribution is 7.15. The van der Waals surface area contributed by atoms with Gasteiger partial charge in [-0.2, -0.15) is 0 Å². The van der Waals surface area contributed by atoms with Crippen LogP contribution in [0.5, 0.6) is 17.2 Å². The van der Waals surface area contributed by atoms with Gasteiger partial charge in [0, 0.05) is 5.56 Å². The predicted molar refractivity (Wildman–Crippen MR) is 151 cm³/mol. The molecule has 0 aliphatic carbocycles. The fourth-order valence-corrected chi connectivity index (χ4v) is 5.26. The number of rotatable bonds is 8. The number of ether oxygens (including phenoxy) is 3. The van der Waals surface area contributed by atoms with Crippen LogP contribution in [-0.4, -0.2) is 41.2 Å². The van der Waals surface area contributed by atoms with Gasteiger partial charge in [-0.3, -0.25) is 14.5 Å². The molecule has 0 spiro atoms. The third-order valence-corrected chi connectivity index (χ3v) is 7.51. The van der Waals surface area contributed by atoms with Crippen molar-refractivity contribution in [3.05, 3.63) is 99.6 Å². The molecule has 1 N–H and O–H groups in total. The lowest BCUT2D eigenvalue weighted by molar-refractivity contribution is -0.132. The van der Waals surface area contributed by atoms with Gasteiger partial charge >= 0.3 is 5.91 Å². The number of amides is 1. The first-order valence-electron chi connectivity index (χ1n) is 12.4. The second kappa shape index (κ2) is 11.2. The van der Waals surface area contributed by atoms with Crippen LogP contribution in [0.15, 0.2) is 72.3 Å². The Morgan fingerprint density at radius 1 is 0.950 bits per heavy atom. The van der Waals surface area contributed by atoms with Crippen LogP contribution in [0.3, 0.4) is 0 Å². The summed E-state index contributed by atoms with van der Waals surface area (Å²) < 4.78 is 16.7. The van der Waals surface area contributed by atoms with Crippen molar-refractivity contribution >= 4 is 33.9 Å². The van der Waals surface area contributed by atoms with E-state index < -0.39 is 17.7 Å². The average molecular weight is 558 g/mol. The van der Waals surface area contributed by atoms with Crippen molar-refractivity contribution in [2.45, 2.75) is 26.5 Å². The second-order valence-corrected chi connectivity index (χ2v) is 10.3. The summed E-state index contributed by atoms with van der Waals surface area (Å²) in [5, 5.41) is 20.4. The van der Waals surface area contributed by atoms with Gasteiger partial charge in [0.2, 0.25) is 5.13 Å². The van der Waals surface area contributed by atoms with Crippen LogP contribution in [0.2, 0.25) is 0 Å². The molecule has 5 rings (SSSR count). The maximum absolute atomic E-state index is 13.4. The van der Waals surface area contributed by atoms with E-state index in [9.17, 15) is 14.7 Å². The van der Waals surface area contributed by atoms with Crippen molar-refractivity contribution in [3.63, 3.8) is 0 Å². The largest absolute Gasteiger partial charge is 0.507 e. The van der Waals surface area contributed by atoms with Crippen LogP contribution in [0, 0.1) is 13.8 Å². The van der Waals surface area contributed by atoms with Gasteiger partial charge in [0.05, 0.1) is 25.8 Å². The van der Waals surface area contributed by atoms with E-state index >= 15 is 0 Å². The van der Waals surface area contributed by atoms with Gasteiger partial charge in [-0.05, 0) is 66.9 Å². The molecular formula is C30H27N3O6S. The molecule has 0 radical (unpaired) electrons. The van der Waals surface area contributed by atoms with E-state index in [-0.39, 0.29) is 16.5 Å². The number of aromatic nitrogens is 2. The molecule has 1 aliphatic heterocycles. The zero-order chi connectivity index (χ0) is 28.4. The first-order valence-corrected chi connectivity index (χ1v) is 13.2. The van der Waals surface area contributed by atoms with Crippen molar-refractivity contribution in [2.24, 2.45) is 0 Å². The first kappa shape index (κ1) is 26.9. The van der Waals surface area contributed by atoms with Crippen molar-refractivity contribution in [1.82, 2.24) is 10.2 Å². The first-order chi connectivity index (χ1) is 19.3. The number of benzene rings is 3. The highest BCUT2D eigenvalue weighted by Crippen LogP contribution is 2.44. The van der Waals surface area contributed by atoms with Crippen LogP contribution in [0.1, 0.15) is 33.3 Å². The van der Waals surface area contributed by atoms with Crippen molar-refractivity contribution < 1.29 is 28.9 Å². The number of hydrogen-bond acceptors (Lipinski definition) is 9. The summed E-state index contributed by atoms with van der Waals surface area (Å²) in [5.41, 5.74) is 3.02. The number of anilines is 1. The average Bonchev–Trinajstić information content (AvgIpc) is 3.51. The van der Waals surface area contributed by atoms with E-state index in [0.717, 1.165) is 11.1 Å². The molecule has 1 amide bonds. The fourth-order valence-electron chi connectivity index (χ4n) is 4.55. The van der Waals surface area contributed by atoms with Crippen LogP contribution in [0.4, 0.5) is 5.13 Å². The Balaban J connectivity index is 1.54. The van der Waals surface area contributed by atoms with Gasteiger partial charge in [0.15, 0.2) is 11.5 Å².